The number of carbonyl (C=O) groups excluding carboxylic acids is 2. The summed E-state index contributed by atoms with van der Waals surface area (Å²) in [5.74, 6) is 0.313. The monoisotopic (exact) mass is 256 g/mol. The molecule has 104 valence electrons. The third kappa shape index (κ3) is 4.62. The Morgan fingerprint density at radius 1 is 1.17 bits per heavy atom. The largest absolute Gasteiger partial charge is 0.348 e. The quantitative estimate of drug-likeness (QED) is 0.673. The Morgan fingerprint density at radius 2 is 1.78 bits per heavy atom. The third-order valence-electron chi connectivity index (χ3n) is 3.17. The van der Waals surface area contributed by atoms with Crippen LogP contribution in [0.1, 0.15) is 6.42 Å². The van der Waals surface area contributed by atoms with Crippen LogP contribution in [0.25, 0.3) is 0 Å². The lowest BCUT2D eigenvalue weighted by Gasteiger charge is -2.34. The molecule has 1 fully saturated rings. The molecule has 1 saturated heterocycles. The zero-order valence-electron chi connectivity index (χ0n) is 11.6. The van der Waals surface area contributed by atoms with Crippen molar-refractivity contribution in [1.82, 2.24) is 20.0 Å². The van der Waals surface area contributed by atoms with Crippen molar-refractivity contribution >= 4 is 11.8 Å². The molecule has 2 amide bonds. The maximum Gasteiger partial charge on any atom is 0.236 e. The van der Waals surface area contributed by atoms with Crippen LogP contribution in [0, 0.1) is 0 Å². The average Bonchev–Trinajstić information content (AvgIpc) is 2.36. The smallest absolute Gasteiger partial charge is 0.236 e. The van der Waals surface area contributed by atoms with E-state index in [-0.39, 0.29) is 11.8 Å². The Morgan fingerprint density at radius 3 is 2.28 bits per heavy atom. The van der Waals surface area contributed by atoms with Gasteiger partial charge in [-0.25, -0.2) is 0 Å². The molecule has 18 heavy (non-hydrogen) atoms. The average molecular weight is 256 g/mol. The minimum Gasteiger partial charge on any atom is -0.348 e. The lowest BCUT2D eigenvalue weighted by Crippen LogP contribution is -2.51. The molecule has 0 spiro atoms. The molecule has 0 aromatic rings. The molecule has 1 aliphatic heterocycles. The van der Waals surface area contributed by atoms with E-state index in [0.717, 1.165) is 32.7 Å². The van der Waals surface area contributed by atoms with Crippen molar-refractivity contribution in [2.75, 3.05) is 60.4 Å². The summed E-state index contributed by atoms with van der Waals surface area (Å²) in [7, 11) is 5.37. The highest BCUT2D eigenvalue weighted by Crippen LogP contribution is 2.03. The summed E-state index contributed by atoms with van der Waals surface area (Å²) in [5.41, 5.74) is 0. The van der Waals surface area contributed by atoms with Crippen LogP contribution in [0.4, 0.5) is 0 Å². The third-order valence-corrected chi connectivity index (χ3v) is 3.17. The van der Waals surface area contributed by atoms with Gasteiger partial charge >= 0.3 is 0 Å². The number of hydrogen-bond acceptors (Lipinski definition) is 4. The summed E-state index contributed by atoms with van der Waals surface area (Å²) in [6, 6.07) is 0. The van der Waals surface area contributed by atoms with Crippen LogP contribution in [-0.4, -0.2) is 86.9 Å². The van der Waals surface area contributed by atoms with Crippen molar-refractivity contribution in [2.45, 2.75) is 6.42 Å². The van der Waals surface area contributed by atoms with Crippen LogP contribution in [0.2, 0.25) is 0 Å². The van der Waals surface area contributed by atoms with Gasteiger partial charge in [0.05, 0.1) is 6.54 Å². The highest BCUT2D eigenvalue weighted by Gasteiger charge is 2.22. The van der Waals surface area contributed by atoms with E-state index in [4.69, 9.17) is 0 Å². The second kappa shape index (κ2) is 7.33. The van der Waals surface area contributed by atoms with Gasteiger partial charge in [0, 0.05) is 53.2 Å². The summed E-state index contributed by atoms with van der Waals surface area (Å²) in [6.45, 7) is 4.19. The van der Waals surface area contributed by atoms with Crippen molar-refractivity contribution < 1.29 is 9.59 Å². The van der Waals surface area contributed by atoms with Crippen molar-refractivity contribution in [3.05, 3.63) is 0 Å². The van der Waals surface area contributed by atoms with Gasteiger partial charge < -0.3 is 15.1 Å². The fourth-order valence-corrected chi connectivity index (χ4v) is 1.88. The number of rotatable bonds is 5. The molecule has 1 rings (SSSR count). The Kier molecular flexibility index (Phi) is 6.07. The maximum atomic E-state index is 11.8. The second-order valence-corrected chi connectivity index (χ2v) is 4.80. The molecule has 0 saturated carbocycles. The molecule has 6 nitrogen and oxygen atoms in total. The zero-order valence-corrected chi connectivity index (χ0v) is 11.6. The van der Waals surface area contributed by atoms with Gasteiger partial charge in [-0.2, -0.15) is 0 Å². The van der Waals surface area contributed by atoms with Crippen molar-refractivity contribution in [3.8, 4) is 0 Å². The van der Waals surface area contributed by atoms with Gasteiger partial charge in [0.25, 0.3) is 0 Å². The van der Waals surface area contributed by atoms with Crippen molar-refractivity contribution in [2.24, 2.45) is 0 Å². The molecule has 0 unspecified atom stereocenters. The van der Waals surface area contributed by atoms with Crippen LogP contribution in [-0.2, 0) is 9.59 Å². The highest BCUT2D eigenvalue weighted by atomic mass is 16.2. The standard InChI is InChI=1S/C12H24N4O2/c1-13-5-4-11(17)16-8-6-15(7-9-16)10-12(18)14(2)3/h13H,4-10H2,1-3H3. The molecular formula is C12H24N4O2. The van der Waals surface area contributed by atoms with Gasteiger partial charge in [-0.1, -0.05) is 0 Å². The predicted molar refractivity (Wildman–Crippen MR) is 70.3 cm³/mol. The van der Waals surface area contributed by atoms with E-state index >= 15 is 0 Å². The number of piperazine rings is 1. The normalized spacial score (nSPS) is 16.7. The molecule has 1 heterocycles. The van der Waals surface area contributed by atoms with Crippen LogP contribution in [0.3, 0.4) is 0 Å². The van der Waals surface area contributed by atoms with Gasteiger partial charge in [0.15, 0.2) is 0 Å². The van der Waals surface area contributed by atoms with Crippen molar-refractivity contribution in [3.63, 3.8) is 0 Å². The summed E-state index contributed by atoms with van der Waals surface area (Å²) >= 11 is 0. The fraction of sp³-hybridized carbons (Fsp3) is 0.833. The molecule has 1 aliphatic rings. The summed E-state index contributed by atoms with van der Waals surface area (Å²) in [5, 5.41) is 2.98. The number of carbonyl (C=O) groups is 2. The molecule has 0 aromatic carbocycles. The van der Waals surface area contributed by atoms with E-state index in [9.17, 15) is 9.59 Å². The van der Waals surface area contributed by atoms with Gasteiger partial charge in [-0.3, -0.25) is 14.5 Å². The van der Waals surface area contributed by atoms with E-state index in [1.54, 1.807) is 19.0 Å². The number of nitrogens with one attached hydrogen (secondary N) is 1. The van der Waals surface area contributed by atoms with Crippen LogP contribution in [0.5, 0.6) is 0 Å². The van der Waals surface area contributed by atoms with E-state index in [2.05, 4.69) is 10.2 Å². The van der Waals surface area contributed by atoms with E-state index in [0.29, 0.717) is 13.0 Å². The Labute approximate surface area is 109 Å². The summed E-state index contributed by atoms with van der Waals surface area (Å²) in [4.78, 5) is 28.9. The molecular weight excluding hydrogens is 232 g/mol. The minimum absolute atomic E-state index is 0.116. The molecule has 0 radical (unpaired) electrons. The summed E-state index contributed by atoms with van der Waals surface area (Å²) < 4.78 is 0. The number of hydrogen-bond donors (Lipinski definition) is 1. The Balaban J connectivity index is 2.28. The number of amides is 2. The predicted octanol–water partition coefficient (Wildman–Crippen LogP) is -1.17. The second-order valence-electron chi connectivity index (χ2n) is 4.80. The first-order valence-electron chi connectivity index (χ1n) is 6.39. The van der Waals surface area contributed by atoms with Crippen LogP contribution < -0.4 is 5.32 Å². The lowest BCUT2D eigenvalue weighted by atomic mass is 10.2. The first kappa shape index (κ1) is 14.9. The number of nitrogens with zero attached hydrogens (tertiary/aromatic N) is 3. The lowest BCUT2D eigenvalue weighted by molar-refractivity contribution is -0.134. The Hall–Kier alpha value is -1.14. The van der Waals surface area contributed by atoms with E-state index in [1.165, 1.54) is 0 Å². The number of likely N-dealkylation sites (N-methyl/N-ethyl adjacent to an activating group) is 1. The van der Waals surface area contributed by atoms with Crippen LogP contribution in [0.15, 0.2) is 0 Å². The maximum absolute atomic E-state index is 11.8. The molecule has 0 atom stereocenters. The molecule has 0 aliphatic carbocycles. The first-order chi connectivity index (χ1) is 8.54. The fourth-order valence-electron chi connectivity index (χ4n) is 1.88. The summed E-state index contributed by atoms with van der Waals surface area (Å²) in [6.07, 6.45) is 0.549. The van der Waals surface area contributed by atoms with Crippen LogP contribution >= 0.6 is 0 Å². The van der Waals surface area contributed by atoms with Crippen molar-refractivity contribution in [1.29, 1.82) is 0 Å². The molecule has 0 bridgehead atoms. The molecule has 1 N–H and O–H groups in total. The molecule has 6 heteroatoms. The molecule has 0 aromatic heterocycles. The van der Waals surface area contributed by atoms with Gasteiger partial charge in [-0.15, -0.1) is 0 Å². The topological polar surface area (TPSA) is 55.9 Å². The van der Waals surface area contributed by atoms with E-state index < -0.39 is 0 Å². The van der Waals surface area contributed by atoms with Gasteiger partial charge in [0.2, 0.25) is 11.8 Å². The van der Waals surface area contributed by atoms with Gasteiger partial charge in [-0.05, 0) is 7.05 Å². The zero-order chi connectivity index (χ0) is 13.5. The highest BCUT2D eigenvalue weighted by molar-refractivity contribution is 5.78. The van der Waals surface area contributed by atoms with E-state index in [1.807, 2.05) is 11.9 Å². The SMILES string of the molecule is CNCCC(=O)N1CCN(CC(=O)N(C)C)CC1. The van der Waals surface area contributed by atoms with Gasteiger partial charge in [0.1, 0.15) is 0 Å². The first-order valence-corrected chi connectivity index (χ1v) is 6.39. The Bertz CT molecular complexity index is 286. The minimum atomic E-state index is 0.116.